The molecule has 1 aromatic heterocycles. The van der Waals surface area contributed by atoms with E-state index in [-0.39, 0.29) is 0 Å². The van der Waals surface area contributed by atoms with Crippen LogP contribution < -0.4 is 5.32 Å². The molecule has 0 aliphatic carbocycles. The van der Waals surface area contributed by atoms with Gasteiger partial charge in [0.2, 0.25) is 0 Å². The Labute approximate surface area is 145 Å². The van der Waals surface area contributed by atoms with Crippen molar-refractivity contribution in [2.45, 2.75) is 39.5 Å². The number of nitrogens with one attached hydrogen (secondary N) is 1. The zero-order chi connectivity index (χ0) is 16.8. The SMILES string of the molecule is Cc1ccc(Cc2cc(NCCN3CCCCC3)nc(C)n2)cc1. The Kier molecular flexibility index (Phi) is 5.81. The highest BCUT2D eigenvalue weighted by Crippen LogP contribution is 2.13. The molecule has 4 heteroatoms. The van der Waals surface area contributed by atoms with E-state index >= 15 is 0 Å². The highest BCUT2D eigenvalue weighted by atomic mass is 15.1. The van der Waals surface area contributed by atoms with Gasteiger partial charge in [-0.2, -0.15) is 0 Å². The number of benzene rings is 1. The number of aromatic nitrogens is 2. The summed E-state index contributed by atoms with van der Waals surface area (Å²) in [4.78, 5) is 11.7. The first-order valence-corrected chi connectivity index (χ1v) is 9.05. The van der Waals surface area contributed by atoms with Gasteiger partial charge in [0.15, 0.2) is 0 Å². The number of likely N-dealkylation sites (tertiary alicyclic amines) is 1. The third-order valence-electron chi connectivity index (χ3n) is 4.58. The van der Waals surface area contributed by atoms with E-state index in [1.165, 1.54) is 43.5 Å². The maximum absolute atomic E-state index is 4.59. The average Bonchev–Trinajstić information content (AvgIpc) is 2.57. The van der Waals surface area contributed by atoms with Crippen LogP contribution in [0.3, 0.4) is 0 Å². The summed E-state index contributed by atoms with van der Waals surface area (Å²) < 4.78 is 0. The van der Waals surface area contributed by atoms with E-state index in [9.17, 15) is 0 Å². The third-order valence-corrected chi connectivity index (χ3v) is 4.58. The van der Waals surface area contributed by atoms with Gasteiger partial charge in [0, 0.05) is 25.6 Å². The highest BCUT2D eigenvalue weighted by Gasteiger charge is 2.09. The number of nitrogens with zero attached hydrogens (tertiary/aromatic N) is 3. The van der Waals surface area contributed by atoms with E-state index in [0.29, 0.717) is 0 Å². The van der Waals surface area contributed by atoms with Gasteiger partial charge in [-0.1, -0.05) is 36.2 Å². The van der Waals surface area contributed by atoms with Gasteiger partial charge < -0.3 is 10.2 Å². The summed E-state index contributed by atoms with van der Waals surface area (Å²) >= 11 is 0. The van der Waals surface area contributed by atoms with E-state index in [1.807, 2.05) is 6.92 Å². The van der Waals surface area contributed by atoms with E-state index in [1.54, 1.807) is 0 Å². The molecule has 2 aromatic rings. The molecule has 1 aliphatic rings. The zero-order valence-corrected chi connectivity index (χ0v) is 14.9. The van der Waals surface area contributed by atoms with Gasteiger partial charge in [0.1, 0.15) is 11.6 Å². The molecule has 1 aromatic carbocycles. The lowest BCUT2D eigenvalue weighted by molar-refractivity contribution is 0.237. The molecule has 0 spiro atoms. The van der Waals surface area contributed by atoms with Crippen LogP contribution in [-0.4, -0.2) is 41.0 Å². The van der Waals surface area contributed by atoms with Gasteiger partial charge in [-0.25, -0.2) is 9.97 Å². The highest BCUT2D eigenvalue weighted by molar-refractivity contribution is 5.38. The van der Waals surface area contributed by atoms with Crippen molar-refractivity contribution < 1.29 is 0 Å². The molecule has 128 valence electrons. The van der Waals surface area contributed by atoms with Crippen molar-refractivity contribution in [2.75, 3.05) is 31.5 Å². The van der Waals surface area contributed by atoms with Crippen molar-refractivity contribution in [1.29, 1.82) is 0 Å². The molecule has 0 atom stereocenters. The summed E-state index contributed by atoms with van der Waals surface area (Å²) in [6.45, 7) is 8.60. The lowest BCUT2D eigenvalue weighted by atomic mass is 10.1. The van der Waals surface area contributed by atoms with Crippen molar-refractivity contribution in [3.63, 3.8) is 0 Å². The lowest BCUT2D eigenvalue weighted by Crippen LogP contribution is -2.33. The van der Waals surface area contributed by atoms with Crippen LogP contribution >= 0.6 is 0 Å². The zero-order valence-electron chi connectivity index (χ0n) is 14.9. The van der Waals surface area contributed by atoms with Crippen molar-refractivity contribution in [2.24, 2.45) is 0 Å². The van der Waals surface area contributed by atoms with E-state index in [0.717, 1.165) is 36.8 Å². The van der Waals surface area contributed by atoms with E-state index < -0.39 is 0 Å². The number of anilines is 1. The van der Waals surface area contributed by atoms with Gasteiger partial charge in [-0.05, 0) is 45.3 Å². The minimum absolute atomic E-state index is 0.833. The molecular formula is C20H28N4. The number of hydrogen-bond donors (Lipinski definition) is 1. The Balaban J connectivity index is 1.57. The van der Waals surface area contributed by atoms with Crippen molar-refractivity contribution in [1.82, 2.24) is 14.9 Å². The molecule has 0 amide bonds. The minimum atomic E-state index is 0.833. The second-order valence-corrected chi connectivity index (χ2v) is 6.78. The van der Waals surface area contributed by atoms with Crippen LogP contribution in [-0.2, 0) is 6.42 Å². The van der Waals surface area contributed by atoms with Crippen LogP contribution in [0.5, 0.6) is 0 Å². The predicted octanol–water partition coefficient (Wildman–Crippen LogP) is 3.58. The first-order chi connectivity index (χ1) is 11.7. The molecule has 4 nitrogen and oxygen atoms in total. The topological polar surface area (TPSA) is 41.0 Å². The van der Waals surface area contributed by atoms with Gasteiger partial charge >= 0.3 is 0 Å². The smallest absolute Gasteiger partial charge is 0.129 e. The molecule has 1 saturated heterocycles. The number of hydrogen-bond acceptors (Lipinski definition) is 4. The van der Waals surface area contributed by atoms with Crippen LogP contribution in [0.25, 0.3) is 0 Å². The Hall–Kier alpha value is -1.94. The average molecular weight is 324 g/mol. The van der Waals surface area contributed by atoms with Crippen LogP contribution in [0, 0.1) is 13.8 Å². The standard InChI is InChI=1S/C20H28N4/c1-16-6-8-18(9-7-16)14-19-15-20(23-17(2)22-19)21-10-13-24-11-4-3-5-12-24/h6-9,15H,3-5,10-14H2,1-2H3,(H,21,22,23). The largest absolute Gasteiger partial charge is 0.369 e. The van der Waals surface area contributed by atoms with Gasteiger partial charge in [-0.3, -0.25) is 0 Å². The first kappa shape index (κ1) is 16.9. The molecule has 1 N–H and O–H groups in total. The van der Waals surface area contributed by atoms with E-state index in [2.05, 4.69) is 57.4 Å². The molecule has 2 heterocycles. The third kappa shape index (κ3) is 5.03. The second kappa shape index (κ2) is 8.25. The predicted molar refractivity (Wildman–Crippen MR) is 99.5 cm³/mol. The van der Waals surface area contributed by atoms with Gasteiger partial charge in [-0.15, -0.1) is 0 Å². The summed E-state index contributed by atoms with van der Waals surface area (Å²) in [7, 11) is 0. The van der Waals surface area contributed by atoms with E-state index in [4.69, 9.17) is 0 Å². The quantitative estimate of drug-likeness (QED) is 0.882. The Bertz CT molecular complexity index is 645. The summed E-state index contributed by atoms with van der Waals surface area (Å²) in [5.74, 6) is 1.78. The van der Waals surface area contributed by atoms with Crippen molar-refractivity contribution in [3.8, 4) is 0 Å². The fourth-order valence-electron chi connectivity index (χ4n) is 3.25. The molecule has 0 radical (unpaired) electrons. The Morgan fingerprint density at radius 3 is 2.50 bits per heavy atom. The molecule has 1 fully saturated rings. The number of rotatable bonds is 6. The fourth-order valence-corrected chi connectivity index (χ4v) is 3.25. The van der Waals surface area contributed by atoms with Crippen LogP contribution in [0.4, 0.5) is 5.82 Å². The van der Waals surface area contributed by atoms with Crippen molar-refractivity contribution in [3.05, 3.63) is 53.0 Å². The molecular weight excluding hydrogens is 296 g/mol. The maximum atomic E-state index is 4.59. The summed E-state index contributed by atoms with van der Waals surface area (Å²) in [6, 6.07) is 10.7. The number of piperidine rings is 1. The molecule has 0 unspecified atom stereocenters. The maximum Gasteiger partial charge on any atom is 0.129 e. The lowest BCUT2D eigenvalue weighted by Gasteiger charge is -2.26. The van der Waals surface area contributed by atoms with Gasteiger partial charge in [0.25, 0.3) is 0 Å². The normalized spacial score (nSPS) is 15.4. The van der Waals surface area contributed by atoms with Crippen LogP contribution in [0.2, 0.25) is 0 Å². The molecule has 0 saturated carbocycles. The van der Waals surface area contributed by atoms with Gasteiger partial charge in [0.05, 0.1) is 5.69 Å². The second-order valence-electron chi connectivity index (χ2n) is 6.78. The summed E-state index contributed by atoms with van der Waals surface area (Å²) in [5.41, 5.74) is 3.66. The minimum Gasteiger partial charge on any atom is -0.369 e. The van der Waals surface area contributed by atoms with Crippen molar-refractivity contribution >= 4 is 5.82 Å². The number of aryl methyl sites for hydroxylation is 2. The molecule has 3 rings (SSSR count). The Morgan fingerprint density at radius 2 is 1.75 bits per heavy atom. The molecule has 24 heavy (non-hydrogen) atoms. The first-order valence-electron chi connectivity index (χ1n) is 9.05. The molecule has 1 aliphatic heterocycles. The summed E-state index contributed by atoms with van der Waals surface area (Å²) in [5, 5.41) is 3.48. The summed E-state index contributed by atoms with van der Waals surface area (Å²) in [6.07, 6.45) is 4.92. The Morgan fingerprint density at radius 1 is 1.00 bits per heavy atom. The molecule has 0 bridgehead atoms. The monoisotopic (exact) mass is 324 g/mol. The fraction of sp³-hybridized carbons (Fsp3) is 0.500. The van der Waals surface area contributed by atoms with Crippen LogP contribution in [0.1, 0.15) is 41.9 Å². The van der Waals surface area contributed by atoms with Crippen LogP contribution in [0.15, 0.2) is 30.3 Å².